The van der Waals surface area contributed by atoms with E-state index in [2.05, 4.69) is 15.3 Å². The zero-order chi connectivity index (χ0) is 15.9. The maximum absolute atomic E-state index is 12.4. The van der Waals surface area contributed by atoms with Gasteiger partial charge >= 0.3 is 6.18 Å². The fraction of sp³-hybridized carbons (Fsp3) is 0.714. The van der Waals surface area contributed by atoms with Crippen LogP contribution in [0.25, 0.3) is 0 Å². The molecule has 0 spiro atoms. The molecule has 0 aliphatic heterocycles. The van der Waals surface area contributed by atoms with E-state index in [0.29, 0.717) is 5.82 Å². The molecule has 0 saturated carbocycles. The number of aromatic nitrogens is 2. The molecule has 1 N–H and O–H groups in total. The van der Waals surface area contributed by atoms with Gasteiger partial charge < -0.3 is 10.2 Å². The van der Waals surface area contributed by atoms with E-state index in [1.54, 1.807) is 11.9 Å². The summed E-state index contributed by atoms with van der Waals surface area (Å²) in [5.74, 6) is 1.30. The molecule has 0 aliphatic rings. The van der Waals surface area contributed by atoms with E-state index in [9.17, 15) is 13.2 Å². The molecule has 0 radical (unpaired) electrons. The van der Waals surface area contributed by atoms with Crippen LogP contribution in [-0.2, 0) is 6.42 Å². The average Bonchev–Trinajstić information content (AvgIpc) is 2.43. The van der Waals surface area contributed by atoms with Crippen molar-refractivity contribution in [3.05, 3.63) is 11.9 Å². The molecule has 0 unspecified atom stereocenters. The minimum Gasteiger partial charge on any atom is -0.370 e. The summed E-state index contributed by atoms with van der Waals surface area (Å²) < 4.78 is 37.1. The lowest BCUT2D eigenvalue weighted by Gasteiger charge is -2.23. The third kappa shape index (κ3) is 5.77. The lowest BCUT2D eigenvalue weighted by molar-refractivity contribution is -0.132. The Morgan fingerprint density at radius 3 is 2.48 bits per heavy atom. The van der Waals surface area contributed by atoms with Gasteiger partial charge in [-0.3, -0.25) is 0 Å². The molecule has 1 aromatic rings. The van der Waals surface area contributed by atoms with E-state index in [0.717, 1.165) is 37.2 Å². The normalized spacial score (nSPS) is 11.5. The van der Waals surface area contributed by atoms with E-state index in [-0.39, 0.29) is 6.54 Å². The smallest absolute Gasteiger partial charge is 0.370 e. The Labute approximate surface area is 123 Å². The van der Waals surface area contributed by atoms with Gasteiger partial charge in [0.05, 0.1) is 6.42 Å². The summed E-state index contributed by atoms with van der Waals surface area (Å²) in [6, 6.07) is 0. The number of anilines is 2. The van der Waals surface area contributed by atoms with Gasteiger partial charge in [-0.2, -0.15) is 13.2 Å². The summed E-state index contributed by atoms with van der Waals surface area (Å²) in [4.78, 5) is 9.94. The molecule has 0 amide bonds. The van der Waals surface area contributed by atoms with Gasteiger partial charge in [-0.1, -0.05) is 20.3 Å². The Balaban J connectivity index is 2.93. The molecule has 0 saturated heterocycles. The first kappa shape index (κ1) is 17.5. The lowest BCUT2D eigenvalue weighted by Crippen LogP contribution is -2.26. The predicted molar refractivity (Wildman–Crippen MR) is 78.7 cm³/mol. The van der Waals surface area contributed by atoms with Crippen LogP contribution in [0.1, 0.15) is 38.7 Å². The summed E-state index contributed by atoms with van der Waals surface area (Å²) in [5, 5.41) is 3.22. The SMILES string of the molecule is CCCNc1ncnc(N(C)CCC(F)(F)F)c1CCC. The zero-order valence-corrected chi connectivity index (χ0v) is 12.8. The molecular weight excluding hydrogens is 281 g/mol. The van der Waals surface area contributed by atoms with Crippen LogP contribution in [0.15, 0.2) is 6.33 Å². The van der Waals surface area contributed by atoms with E-state index < -0.39 is 12.6 Å². The van der Waals surface area contributed by atoms with Gasteiger partial charge in [0.1, 0.15) is 18.0 Å². The van der Waals surface area contributed by atoms with Gasteiger partial charge in [0.25, 0.3) is 0 Å². The molecule has 0 fully saturated rings. The number of nitrogens with one attached hydrogen (secondary N) is 1. The Kier molecular flexibility index (Phi) is 6.71. The molecule has 0 bridgehead atoms. The van der Waals surface area contributed by atoms with Gasteiger partial charge in [-0.25, -0.2) is 9.97 Å². The number of nitrogens with zero attached hydrogens (tertiary/aromatic N) is 3. The molecule has 0 atom stereocenters. The highest BCUT2D eigenvalue weighted by Crippen LogP contribution is 2.26. The minimum absolute atomic E-state index is 0.107. The highest BCUT2D eigenvalue weighted by atomic mass is 19.4. The van der Waals surface area contributed by atoms with Crippen molar-refractivity contribution in [1.82, 2.24) is 9.97 Å². The van der Waals surface area contributed by atoms with Crippen LogP contribution in [0.2, 0.25) is 0 Å². The number of alkyl halides is 3. The van der Waals surface area contributed by atoms with Crippen LogP contribution < -0.4 is 10.2 Å². The molecule has 1 aromatic heterocycles. The van der Waals surface area contributed by atoms with E-state index in [1.165, 1.54) is 6.33 Å². The number of hydrogen-bond donors (Lipinski definition) is 1. The summed E-state index contributed by atoms with van der Waals surface area (Å²) >= 11 is 0. The second kappa shape index (κ2) is 8.05. The Morgan fingerprint density at radius 1 is 1.19 bits per heavy atom. The van der Waals surface area contributed by atoms with Gasteiger partial charge in [0, 0.05) is 25.7 Å². The van der Waals surface area contributed by atoms with Crippen molar-refractivity contribution in [2.45, 2.75) is 45.7 Å². The summed E-state index contributed by atoms with van der Waals surface area (Å²) in [5.41, 5.74) is 0.887. The molecule has 4 nitrogen and oxygen atoms in total. The topological polar surface area (TPSA) is 41.1 Å². The quantitative estimate of drug-likeness (QED) is 0.796. The van der Waals surface area contributed by atoms with Crippen LogP contribution >= 0.6 is 0 Å². The Bertz CT molecular complexity index is 435. The monoisotopic (exact) mass is 304 g/mol. The first-order valence-corrected chi connectivity index (χ1v) is 7.24. The molecule has 0 aromatic carbocycles. The van der Waals surface area contributed by atoms with Crippen molar-refractivity contribution in [3.63, 3.8) is 0 Å². The summed E-state index contributed by atoms with van der Waals surface area (Å²) in [6.45, 7) is 4.74. The number of rotatable bonds is 8. The second-order valence-electron chi connectivity index (χ2n) is 4.99. The average molecular weight is 304 g/mol. The van der Waals surface area contributed by atoms with Crippen molar-refractivity contribution >= 4 is 11.6 Å². The second-order valence-corrected chi connectivity index (χ2v) is 4.99. The maximum atomic E-state index is 12.4. The minimum atomic E-state index is -4.16. The van der Waals surface area contributed by atoms with Crippen molar-refractivity contribution in [3.8, 4) is 0 Å². The summed E-state index contributed by atoms with van der Waals surface area (Å²) in [7, 11) is 1.64. The molecule has 120 valence electrons. The van der Waals surface area contributed by atoms with Crippen molar-refractivity contribution in [1.29, 1.82) is 0 Å². The predicted octanol–water partition coefficient (Wildman–Crippen LogP) is 3.64. The molecule has 1 rings (SSSR count). The van der Waals surface area contributed by atoms with Gasteiger partial charge in [-0.05, 0) is 12.8 Å². The van der Waals surface area contributed by atoms with E-state index in [1.807, 2.05) is 13.8 Å². The van der Waals surface area contributed by atoms with E-state index in [4.69, 9.17) is 0 Å². The largest absolute Gasteiger partial charge is 0.390 e. The van der Waals surface area contributed by atoms with Crippen LogP contribution in [0, 0.1) is 0 Å². The molecular formula is C14H23F3N4. The van der Waals surface area contributed by atoms with Crippen LogP contribution in [0.4, 0.5) is 24.8 Å². The van der Waals surface area contributed by atoms with Crippen LogP contribution in [-0.4, -0.2) is 36.3 Å². The van der Waals surface area contributed by atoms with Crippen molar-refractivity contribution in [2.75, 3.05) is 30.4 Å². The van der Waals surface area contributed by atoms with Crippen LogP contribution in [0.3, 0.4) is 0 Å². The van der Waals surface area contributed by atoms with Crippen molar-refractivity contribution in [2.24, 2.45) is 0 Å². The fourth-order valence-corrected chi connectivity index (χ4v) is 2.01. The van der Waals surface area contributed by atoms with Gasteiger partial charge in [0.2, 0.25) is 0 Å². The van der Waals surface area contributed by atoms with Gasteiger partial charge in [0.15, 0.2) is 0 Å². The Hall–Kier alpha value is -1.53. The maximum Gasteiger partial charge on any atom is 0.390 e. The summed E-state index contributed by atoms with van der Waals surface area (Å²) in [6.07, 6.45) is -1.04. The third-order valence-corrected chi connectivity index (χ3v) is 3.06. The van der Waals surface area contributed by atoms with E-state index >= 15 is 0 Å². The first-order chi connectivity index (χ1) is 9.89. The highest BCUT2D eigenvalue weighted by molar-refractivity contribution is 5.58. The molecule has 0 aliphatic carbocycles. The van der Waals surface area contributed by atoms with Crippen molar-refractivity contribution < 1.29 is 13.2 Å². The highest BCUT2D eigenvalue weighted by Gasteiger charge is 2.28. The molecule has 7 heteroatoms. The fourth-order valence-electron chi connectivity index (χ4n) is 2.01. The molecule has 1 heterocycles. The number of hydrogen-bond acceptors (Lipinski definition) is 4. The first-order valence-electron chi connectivity index (χ1n) is 7.24. The standard InChI is InChI=1S/C14H23F3N4/c1-4-6-11-12(18-8-5-2)19-10-20-13(11)21(3)9-7-14(15,16)17/h10H,4-9H2,1-3H3,(H,18,19,20). The van der Waals surface area contributed by atoms with Gasteiger partial charge in [-0.15, -0.1) is 0 Å². The number of halogens is 3. The zero-order valence-electron chi connectivity index (χ0n) is 12.8. The lowest BCUT2D eigenvalue weighted by atomic mass is 10.1. The third-order valence-electron chi connectivity index (χ3n) is 3.06. The van der Waals surface area contributed by atoms with Crippen LogP contribution in [0.5, 0.6) is 0 Å². The Morgan fingerprint density at radius 2 is 1.90 bits per heavy atom. The molecule has 21 heavy (non-hydrogen) atoms.